The molecule has 3 heterocycles. The van der Waals surface area contributed by atoms with E-state index in [9.17, 15) is 9.50 Å². The fourth-order valence-electron chi connectivity index (χ4n) is 3.69. The minimum absolute atomic E-state index is 0.130. The number of nitrogens with zero attached hydrogens (tertiary/aromatic N) is 4. The highest BCUT2D eigenvalue weighted by Crippen LogP contribution is 2.29. The molecule has 2 atom stereocenters. The van der Waals surface area contributed by atoms with Crippen molar-refractivity contribution in [2.45, 2.75) is 25.2 Å². The number of likely N-dealkylation sites (N-methyl/N-ethyl adjacent to an activating group) is 1. The second-order valence-electron chi connectivity index (χ2n) is 7.21. The third-order valence-electron chi connectivity index (χ3n) is 5.04. The van der Waals surface area contributed by atoms with E-state index in [2.05, 4.69) is 14.9 Å². The van der Waals surface area contributed by atoms with Gasteiger partial charge in [-0.15, -0.1) is 0 Å². The van der Waals surface area contributed by atoms with Crippen molar-refractivity contribution in [3.8, 4) is 0 Å². The molecule has 0 amide bonds. The number of ether oxygens (including phenoxy) is 1. The molecule has 23 heavy (non-hydrogen) atoms. The van der Waals surface area contributed by atoms with Gasteiger partial charge < -0.3 is 14.7 Å². The van der Waals surface area contributed by atoms with E-state index in [1.54, 1.807) is 6.20 Å². The van der Waals surface area contributed by atoms with E-state index in [1.165, 1.54) is 0 Å². The lowest BCUT2D eigenvalue weighted by Gasteiger charge is -2.43. The van der Waals surface area contributed by atoms with Crippen LogP contribution in [0.3, 0.4) is 0 Å². The van der Waals surface area contributed by atoms with Crippen LogP contribution in [0, 0.1) is 5.41 Å². The Morgan fingerprint density at radius 3 is 2.87 bits per heavy atom. The van der Waals surface area contributed by atoms with Crippen LogP contribution >= 0.6 is 0 Å². The molecule has 0 unspecified atom stereocenters. The van der Waals surface area contributed by atoms with Gasteiger partial charge in [-0.1, -0.05) is 0 Å². The normalized spacial score (nSPS) is 27.5. The summed E-state index contributed by atoms with van der Waals surface area (Å²) in [5.41, 5.74) is 0.973. The molecule has 6 nitrogen and oxygen atoms in total. The topological polar surface area (TPSA) is 53.8 Å². The molecule has 2 saturated heterocycles. The average Bonchev–Trinajstić information content (AvgIpc) is 3.01. The first-order valence-corrected chi connectivity index (χ1v) is 8.23. The molecule has 2 aliphatic rings. The van der Waals surface area contributed by atoms with Gasteiger partial charge in [-0.3, -0.25) is 9.58 Å². The van der Waals surface area contributed by atoms with Crippen LogP contribution in [0.5, 0.6) is 0 Å². The van der Waals surface area contributed by atoms with E-state index in [0.29, 0.717) is 26.2 Å². The summed E-state index contributed by atoms with van der Waals surface area (Å²) >= 11 is 0. The van der Waals surface area contributed by atoms with Crippen LogP contribution in [0.25, 0.3) is 0 Å². The van der Waals surface area contributed by atoms with Crippen molar-refractivity contribution in [1.82, 2.24) is 19.6 Å². The number of aryl methyl sites for hydroxylation is 1. The van der Waals surface area contributed by atoms with Crippen LogP contribution in [0.2, 0.25) is 0 Å². The van der Waals surface area contributed by atoms with Gasteiger partial charge in [0, 0.05) is 45.5 Å². The summed E-state index contributed by atoms with van der Waals surface area (Å²) in [7, 11) is 3.96. The van der Waals surface area contributed by atoms with Crippen molar-refractivity contribution in [1.29, 1.82) is 0 Å². The van der Waals surface area contributed by atoms with Crippen LogP contribution in [-0.4, -0.2) is 83.4 Å². The predicted molar refractivity (Wildman–Crippen MR) is 84.8 cm³/mol. The number of hydrogen-bond donors (Lipinski definition) is 1. The highest BCUT2D eigenvalue weighted by atomic mass is 19.1. The molecule has 3 rings (SSSR count). The number of aromatic nitrogens is 2. The number of alkyl halides is 1. The van der Waals surface area contributed by atoms with Gasteiger partial charge in [-0.2, -0.15) is 5.10 Å². The van der Waals surface area contributed by atoms with Crippen molar-refractivity contribution in [3.05, 3.63) is 18.0 Å². The summed E-state index contributed by atoms with van der Waals surface area (Å²) in [5.74, 6) is 0. The fraction of sp³-hybridized carbons (Fsp3) is 0.812. The van der Waals surface area contributed by atoms with Gasteiger partial charge in [0.15, 0.2) is 0 Å². The lowest BCUT2D eigenvalue weighted by molar-refractivity contribution is -0.147. The Morgan fingerprint density at radius 2 is 2.30 bits per heavy atom. The maximum atomic E-state index is 13.9. The predicted octanol–water partition coefficient (Wildman–Crippen LogP) is 0.273. The SMILES string of the molecule is CN(C[C@@H]1C[C@H](F)CN1Cc1ccnn1C)CC1(CO)COC1. The van der Waals surface area contributed by atoms with Gasteiger partial charge in [0.25, 0.3) is 0 Å². The summed E-state index contributed by atoms with van der Waals surface area (Å²) in [6, 6.07) is 2.18. The number of halogens is 1. The van der Waals surface area contributed by atoms with E-state index in [4.69, 9.17) is 4.74 Å². The summed E-state index contributed by atoms with van der Waals surface area (Å²) in [4.78, 5) is 4.42. The van der Waals surface area contributed by atoms with Gasteiger partial charge in [0.2, 0.25) is 0 Å². The second kappa shape index (κ2) is 6.84. The number of hydrogen-bond acceptors (Lipinski definition) is 5. The summed E-state index contributed by atoms with van der Waals surface area (Å²) < 4.78 is 21.0. The Balaban J connectivity index is 1.57. The van der Waals surface area contributed by atoms with Gasteiger partial charge in [-0.25, -0.2) is 4.39 Å². The third-order valence-corrected chi connectivity index (χ3v) is 5.04. The van der Waals surface area contributed by atoms with E-state index in [0.717, 1.165) is 25.3 Å². The molecule has 2 aliphatic heterocycles. The van der Waals surface area contributed by atoms with Crippen LogP contribution in [-0.2, 0) is 18.3 Å². The summed E-state index contributed by atoms with van der Waals surface area (Å²) in [6.45, 7) is 4.18. The molecule has 1 aromatic rings. The molecule has 7 heteroatoms. The molecule has 2 fully saturated rings. The Hall–Kier alpha value is -1.02. The lowest BCUT2D eigenvalue weighted by atomic mass is 9.86. The largest absolute Gasteiger partial charge is 0.396 e. The zero-order valence-corrected chi connectivity index (χ0v) is 14.0. The molecule has 0 bridgehead atoms. The van der Waals surface area contributed by atoms with Crippen molar-refractivity contribution in [3.63, 3.8) is 0 Å². The van der Waals surface area contributed by atoms with E-state index >= 15 is 0 Å². The third kappa shape index (κ3) is 3.74. The highest BCUT2D eigenvalue weighted by molar-refractivity contribution is 5.02. The van der Waals surface area contributed by atoms with Gasteiger partial charge in [0.05, 0.1) is 30.9 Å². The molecule has 1 N–H and O–H groups in total. The minimum Gasteiger partial charge on any atom is -0.396 e. The maximum Gasteiger partial charge on any atom is 0.114 e. The highest BCUT2D eigenvalue weighted by Gasteiger charge is 2.40. The minimum atomic E-state index is -0.763. The Labute approximate surface area is 136 Å². The molecule has 1 aromatic heterocycles. The van der Waals surface area contributed by atoms with E-state index in [1.807, 2.05) is 24.8 Å². The first kappa shape index (κ1) is 16.8. The first-order chi connectivity index (χ1) is 11.0. The van der Waals surface area contributed by atoms with Crippen molar-refractivity contribution < 1.29 is 14.2 Å². The molecule has 130 valence electrons. The molecular weight excluding hydrogens is 299 g/mol. The molecule has 0 aromatic carbocycles. The molecule has 0 radical (unpaired) electrons. The Bertz CT molecular complexity index is 514. The van der Waals surface area contributed by atoms with Gasteiger partial charge >= 0.3 is 0 Å². The zero-order chi connectivity index (χ0) is 16.4. The van der Waals surface area contributed by atoms with Crippen molar-refractivity contribution >= 4 is 0 Å². The second-order valence-corrected chi connectivity index (χ2v) is 7.21. The quantitative estimate of drug-likeness (QED) is 0.780. The Kier molecular flexibility index (Phi) is 5.01. The van der Waals surface area contributed by atoms with Crippen molar-refractivity contribution in [2.24, 2.45) is 12.5 Å². The average molecular weight is 326 g/mol. The van der Waals surface area contributed by atoms with Gasteiger partial charge in [-0.05, 0) is 19.5 Å². The lowest BCUT2D eigenvalue weighted by Crippen LogP contribution is -2.54. The summed E-state index contributed by atoms with van der Waals surface area (Å²) in [5, 5.41) is 13.7. The maximum absolute atomic E-state index is 13.9. The molecule has 0 spiro atoms. The van der Waals surface area contributed by atoms with Crippen molar-refractivity contribution in [2.75, 3.05) is 46.5 Å². The monoisotopic (exact) mass is 326 g/mol. The number of likely N-dealkylation sites (tertiary alicyclic amines) is 1. The van der Waals surface area contributed by atoms with E-state index < -0.39 is 6.17 Å². The fourth-order valence-corrected chi connectivity index (χ4v) is 3.69. The smallest absolute Gasteiger partial charge is 0.114 e. The van der Waals surface area contributed by atoms with E-state index in [-0.39, 0.29) is 18.1 Å². The number of aliphatic hydroxyl groups excluding tert-OH is 1. The van der Waals surface area contributed by atoms with Crippen LogP contribution in [0.4, 0.5) is 4.39 Å². The molecule has 0 saturated carbocycles. The van der Waals surface area contributed by atoms with Crippen LogP contribution in [0.1, 0.15) is 12.1 Å². The zero-order valence-electron chi connectivity index (χ0n) is 14.0. The van der Waals surface area contributed by atoms with Gasteiger partial charge in [0.1, 0.15) is 6.17 Å². The standard InChI is InChI=1S/C16H27FN4O2/c1-19(9-16(10-22)11-23-12-16)7-15-5-13(17)6-21(15)8-14-3-4-18-20(14)2/h3-4,13,15,22H,5-12H2,1-2H3/t13-,15-/m0/s1. The number of aliphatic hydroxyl groups is 1. The number of rotatable bonds is 7. The summed E-state index contributed by atoms with van der Waals surface area (Å²) in [6.07, 6.45) is 1.59. The molecule has 0 aliphatic carbocycles. The first-order valence-electron chi connectivity index (χ1n) is 8.23. The Morgan fingerprint density at radius 1 is 1.52 bits per heavy atom. The van der Waals surface area contributed by atoms with Crippen LogP contribution < -0.4 is 0 Å². The van der Waals surface area contributed by atoms with Crippen LogP contribution in [0.15, 0.2) is 12.3 Å². The molecular formula is C16H27FN4O2.